The molecule has 2 rings (SSSR count). The summed E-state index contributed by atoms with van der Waals surface area (Å²) in [5.74, 6) is 0.594. The van der Waals surface area contributed by atoms with Crippen molar-refractivity contribution in [2.24, 2.45) is 5.73 Å². The van der Waals surface area contributed by atoms with Crippen LogP contribution in [-0.2, 0) is 9.84 Å². The Labute approximate surface area is 129 Å². The number of benzene rings is 2. The number of halogens is 1. The Morgan fingerprint density at radius 1 is 1.14 bits per heavy atom. The smallest absolute Gasteiger partial charge is 0.186 e. The molecule has 0 aliphatic carbocycles. The Morgan fingerprint density at radius 3 is 2.29 bits per heavy atom. The second-order valence-corrected chi connectivity index (χ2v) is 7.00. The third-order valence-electron chi connectivity index (χ3n) is 3.23. The molecule has 6 heteroatoms. The molecule has 0 aliphatic heterocycles. The lowest BCUT2D eigenvalue weighted by atomic mass is 10.1. The standard InChI is InChI=1S/C15H16ClNO3S/c1-20-11-6-8-12(9-7-11)21(18,19)15(10-17)13-4-2-3-5-14(13)16/h2-9,15H,10,17H2,1H3/t15-/m0/s1. The van der Waals surface area contributed by atoms with Gasteiger partial charge in [0.1, 0.15) is 11.0 Å². The maximum absolute atomic E-state index is 12.7. The molecule has 0 aliphatic rings. The molecule has 0 heterocycles. The number of hydrogen-bond donors (Lipinski definition) is 1. The second kappa shape index (κ2) is 6.47. The molecule has 0 amide bonds. The minimum atomic E-state index is -3.62. The summed E-state index contributed by atoms with van der Waals surface area (Å²) in [6.07, 6.45) is 0. The van der Waals surface area contributed by atoms with Crippen molar-refractivity contribution in [3.8, 4) is 5.75 Å². The van der Waals surface area contributed by atoms with Crippen molar-refractivity contribution in [2.75, 3.05) is 13.7 Å². The van der Waals surface area contributed by atoms with Crippen LogP contribution < -0.4 is 10.5 Å². The van der Waals surface area contributed by atoms with Gasteiger partial charge in [-0.15, -0.1) is 0 Å². The van der Waals surface area contributed by atoms with Crippen LogP contribution in [0.5, 0.6) is 5.75 Å². The lowest BCUT2D eigenvalue weighted by Gasteiger charge is -2.17. The van der Waals surface area contributed by atoms with Crippen LogP contribution in [-0.4, -0.2) is 22.1 Å². The number of sulfone groups is 1. The van der Waals surface area contributed by atoms with Crippen molar-refractivity contribution >= 4 is 21.4 Å². The van der Waals surface area contributed by atoms with Crippen LogP contribution in [0.4, 0.5) is 0 Å². The van der Waals surface area contributed by atoms with Crippen LogP contribution in [0.3, 0.4) is 0 Å². The van der Waals surface area contributed by atoms with Crippen molar-refractivity contribution in [1.29, 1.82) is 0 Å². The Balaban J connectivity index is 2.47. The first-order valence-electron chi connectivity index (χ1n) is 6.33. The Kier molecular flexibility index (Phi) is 4.88. The Hall–Kier alpha value is -1.56. The lowest BCUT2D eigenvalue weighted by molar-refractivity contribution is 0.414. The summed E-state index contributed by atoms with van der Waals surface area (Å²) < 4.78 is 30.5. The average Bonchev–Trinajstić information content (AvgIpc) is 2.50. The summed E-state index contributed by atoms with van der Waals surface area (Å²) in [4.78, 5) is 0.193. The first kappa shape index (κ1) is 15.8. The monoisotopic (exact) mass is 325 g/mol. The van der Waals surface area contributed by atoms with E-state index in [0.29, 0.717) is 16.3 Å². The first-order valence-corrected chi connectivity index (χ1v) is 8.25. The molecule has 21 heavy (non-hydrogen) atoms. The molecular weight excluding hydrogens is 310 g/mol. The third kappa shape index (κ3) is 3.20. The molecule has 1 atom stereocenters. The van der Waals surface area contributed by atoms with Crippen LogP contribution >= 0.6 is 11.6 Å². The van der Waals surface area contributed by atoms with E-state index in [2.05, 4.69) is 0 Å². The fourth-order valence-corrected chi connectivity index (χ4v) is 4.06. The zero-order chi connectivity index (χ0) is 15.5. The van der Waals surface area contributed by atoms with Gasteiger partial charge in [-0.2, -0.15) is 0 Å². The van der Waals surface area contributed by atoms with Gasteiger partial charge in [0, 0.05) is 11.6 Å². The van der Waals surface area contributed by atoms with E-state index in [-0.39, 0.29) is 11.4 Å². The minimum Gasteiger partial charge on any atom is -0.497 e. The lowest BCUT2D eigenvalue weighted by Crippen LogP contribution is -2.22. The molecule has 0 bridgehead atoms. The number of rotatable bonds is 5. The van der Waals surface area contributed by atoms with Gasteiger partial charge in [-0.25, -0.2) is 8.42 Å². The van der Waals surface area contributed by atoms with Gasteiger partial charge < -0.3 is 10.5 Å². The molecule has 0 spiro atoms. The van der Waals surface area contributed by atoms with E-state index in [4.69, 9.17) is 22.1 Å². The molecule has 2 aromatic rings. The number of hydrogen-bond acceptors (Lipinski definition) is 4. The van der Waals surface area contributed by atoms with E-state index >= 15 is 0 Å². The van der Waals surface area contributed by atoms with Gasteiger partial charge in [-0.1, -0.05) is 29.8 Å². The first-order chi connectivity index (χ1) is 10.0. The number of ether oxygens (including phenoxy) is 1. The van der Waals surface area contributed by atoms with E-state index in [1.54, 1.807) is 36.4 Å². The molecule has 112 valence electrons. The molecule has 0 unspecified atom stereocenters. The molecule has 0 saturated carbocycles. The number of nitrogens with two attached hydrogens (primary N) is 1. The van der Waals surface area contributed by atoms with Crippen LogP contribution in [0.1, 0.15) is 10.8 Å². The van der Waals surface area contributed by atoms with Crippen LogP contribution in [0.2, 0.25) is 5.02 Å². The van der Waals surface area contributed by atoms with E-state index in [1.165, 1.54) is 19.2 Å². The summed E-state index contributed by atoms with van der Waals surface area (Å²) >= 11 is 6.10. The van der Waals surface area contributed by atoms with Crippen molar-refractivity contribution in [3.63, 3.8) is 0 Å². The number of methoxy groups -OCH3 is 1. The van der Waals surface area contributed by atoms with Gasteiger partial charge in [0.05, 0.1) is 12.0 Å². The highest BCUT2D eigenvalue weighted by molar-refractivity contribution is 7.91. The molecular formula is C15H16ClNO3S. The Bertz CT molecular complexity index is 714. The van der Waals surface area contributed by atoms with Crippen LogP contribution in [0.15, 0.2) is 53.4 Å². The van der Waals surface area contributed by atoms with E-state index in [1.807, 2.05) is 0 Å². The topological polar surface area (TPSA) is 69.4 Å². The zero-order valence-corrected chi connectivity index (χ0v) is 13.1. The predicted molar refractivity (Wildman–Crippen MR) is 83.4 cm³/mol. The fourth-order valence-electron chi connectivity index (χ4n) is 2.09. The maximum atomic E-state index is 12.7. The van der Waals surface area contributed by atoms with Gasteiger partial charge in [-0.05, 0) is 35.9 Å². The third-order valence-corrected chi connectivity index (χ3v) is 5.70. The second-order valence-electron chi connectivity index (χ2n) is 4.47. The molecule has 2 aromatic carbocycles. The quantitative estimate of drug-likeness (QED) is 0.917. The van der Waals surface area contributed by atoms with Gasteiger partial charge in [-0.3, -0.25) is 0 Å². The van der Waals surface area contributed by atoms with Crippen molar-refractivity contribution in [3.05, 3.63) is 59.1 Å². The van der Waals surface area contributed by atoms with Gasteiger partial charge in [0.15, 0.2) is 9.84 Å². The highest BCUT2D eigenvalue weighted by Gasteiger charge is 2.29. The van der Waals surface area contributed by atoms with E-state index < -0.39 is 15.1 Å². The maximum Gasteiger partial charge on any atom is 0.186 e. The van der Waals surface area contributed by atoms with Crippen molar-refractivity contribution in [1.82, 2.24) is 0 Å². The fraction of sp³-hybridized carbons (Fsp3) is 0.200. The van der Waals surface area contributed by atoms with Gasteiger partial charge in [0.2, 0.25) is 0 Å². The summed E-state index contributed by atoms with van der Waals surface area (Å²) in [6.45, 7) is -0.0436. The molecule has 2 N–H and O–H groups in total. The predicted octanol–water partition coefficient (Wildman–Crippen LogP) is 2.82. The molecule has 0 aromatic heterocycles. The van der Waals surface area contributed by atoms with E-state index in [9.17, 15) is 8.42 Å². The van der Waals surface area contributed by atoms with Gasteiger partial charge in [0.25, 0.3) is 0 Å². The highest BCUT2D eigenvalue weighted by atomic mass is 35.5. The minimum absolute atomic E-state index is 0.0436. The summed E-state index contributed by atoms with van der Waals surface area (Å²) in [5, 5.41) is -0.482. The largest absolute Gasteiger partial charge is 0.497 e. The average molecular weight is 326 g/mol. The molecule has 4 nitrogen and oxygen atoms in total. The summed E-state index contributed by atoms with van der Waals surface area (Å²) in [6, 6.07) is 13.1. The van der Waals surface area contributed by atoms with Crippen LogP contribution in [0.25, 0.3) is 0 Å². The van der Waals surface area contributed by atoms with Crippen molar-refractivity contribution in [2.45, 2.75) is 10.1 Å². The van der Waals surface area contributed by atoms with Gasteiger partial charge >= 0.3 is 0 Å². The molecule has 0 saturated heterocycles. The summed E-state index contributed by atoms with van der Waals surface area (Å²) in [7, 11) is -2.09. The zero-order valence-electron chi connectivity index (χ0n) is 11.5. The highest BCUT2D eigenvalue weighted by Crippen LogP contribution is 2.32. The van der Waals surface area contributed by atoms with Crippen molar-refractivity contribution < 1.29 is 13.2 Å². The normalized spacial score (nSPS) is 12.9. The SMILES string of the molecule is COc1ccc(S(=O)(=O)[C@@H](CN)c2ccccc2Cl)cc1. The summed E-state index contributed by atoms with van der Waals surface area (Å²) in [5.41, 5.74) is 6.20. The molecule has 0 fully saturated rings. The molecule has 0 radical (unpaired) electrons. The Morgan fingerprint density at radius 2 is 1.76 bits per heavy atom. The van der Waals surface area contributed by atoms with Crippen LogP contribution in [0, 0.1) is 0 Å². The van der Waals surface area contributed by atoms with E-state index in [0.717, 1.165) is 0 Å².